The van der Waals surface area contributed by atoms with E-state index in [1.807, 2.05) is 42.3 Å². The van der Waals surface area contributed by atoms with Gasteiger partial charge in [0.25, 0.3) is 5.91 Å². The number of ether oxygens (including phenoxy) is 2. The summed E-state index contributed by atoms with van der Waals surface area (Å²) < 4.78 is 11.9. The van der Waals surface area contributed by atoms with E-state index in [0.717, 1.165) is 16.9 Å². The molecule has 2 fully saturated rings. The third-order valence-electron chi connectivity index (χ3n) is 4.36. The van der Waals surface area contributed by atoms with Crippen LogP contribution in [-0.4, -0.2) is 52.7 Å². The van der Waals surface area contributed by atoms with E-state index in [4.69, 9.17) is 21.7 Å². The van der Waals surface area contributed by atoms with E-state index in [1.165, 1.54) is 11.8 Å². The molecule has 1 aromatic rings. The van der Waals surface area contributed by atoms with Crippen molar-refractivity contribution in [1.82, 2.24) is 10.0 Å². The van der Waals surface area contributed by atoms with Gasteiger partial charge in [0.05, 0.1) is 18.1 Å². The van der Waals surface area contributed by atoms with Gasteiger partial charge in [-0.25, -0.2) is 10.0 Å². The number of benzene rings is 1. The second kappa shape index (κ2) is 6.92. The Labute approximate surface area is 156 Å². The summed E-state index contributed by atoms with van der Waals surface area (Å²) in [7, 11) is 0. The minimum Gasteiger partial charge on any atom is -0.485 e. The smallest absolute Gasteiger partial charge is 0.280 e. The second-order valence-corrected chi connectivity index (χ2v) is 7.68. The summed E-state index contributed by atoms with van der Waals surface area (Å²) in [6.07, 6.45) is 3.87. The Morgan fingerprint density at radius 2 is 2.04 bits per heavy atom. The lowest BCUT2D eigenvalue weighted by molar-refractivity contribution is -0.138. The van der Waals surface area contributed by atoms with Crippen molar-refractivity contribution in [3.8, 4) is 5.75 Å². The van der Waals surface area contributed by atoms with Gasteiger partial charge in [-0.1, -0.05) is 42.2 Å². The molecule has 3 aliphatic rings. The Kier molecular flexibility index (Phi) is 4.64. The molecule has 2 saturated heterocycles. The van der Waals surface area contributed by atoms with Gasteiger partial charge in [-0.3, -0.25) is 4.79 Å². The predicted octanol–water partition coefficient (Wildman–Crippen LogP) is 2.84. The largest absolute Gasteiger partial charge is 0.485 e. The maximum atomic E-state index is 12.8. The molecule has 0 N–H and O–H groups in total. The van der Waals surface area contributed by atoms with Gasteiger partial charge < -0.3 is 9.47 Å². The molecule has 3 aliphatic heterocycles. The highest BCUT2D eigenvalue weighted by molar-refractivity contribution is 8.26. The zero-order valence-electron chi connectivity index (χ0n) is 13.8. The molecule has 0 aliphatic carbocycles. The molecule has 5 nitrogen and oxygen atoms in total. The van der Waals surface area contributed by atoms with E-state index in [9.17, 15) is 4.79 Å². The lowest BCUT2D eigenvalue weighted by atomic mass is 10.0. The normalized spacial score (nSPS) is 25.8. The van der Waals surface area contributed by atoms with Crippen molar-refractivity contribution in [3.63, 3.8) is 0 Å². The summed E-state index contributed by atoms with van der Waals surface area (Å²) in [6.45, 7) is 4.57. The average molecular weight is 374 g/mol. The van der Waals surface area contributed by atoms with Crippen LogP contribution >= 0.6 is 24.0 Å². The van der Waals surface area contributed by atoms with Crippen LogP contribution in [0.1, 0.15) is 12.5 Å². The molecule has 0 bridgehead atoms. The molecule has 0 unspecified atom stereocenters. The molecule has 0 spiro atoms. The van der Waals surface area contributed by atoms with Crippen molar-refractivity contribution in [2.75, 3.05) is 26.3 Å². The number of rotatable bonds is 2. The standard InChI is InChI=1S/C18H18N2O3S2/c1-12-14(10-13-4-2-3-5-15(13)23-12)11-16-17(21)20(18(24)25-16)19-6-8-22-9-7-19/h2-5,10-12H,6-9H2,1H3/b16-11-/t12-/m1/s1. The molecule has 7 heteroatoms. The number of carbonyl (C=O) groups is 1. The maximum Gasteiger partial charge on any atom is 0.280 e. The molecule has 1 aromatic carbocycles. The van der Waals surface area contributed by atoms with Gasteiger partial charge in [-0.2, -0.15) is 0 Å². The van der Waals surface area contributed by atoms with Crippen molar-refractivity contribution < 1.29 is 14.3 Å². The number of morpholine rings is 1. The van der Waals surface area contributed by atoms with E-state index >= 15 is 0 Å². The molecule has 130 valence electrons. The first kappa shape index (κ1) is 16.8. The minimum atomic E-state index is -0.109. The first-order valence-corrected chi connectivity index (χ1v) is 9.44. The number of thiocarbonyl (C=S) groups is 1. The van der Waals surface area contributed by atoms with Crippen molar-refractivity contribution in [3.05, 3.63) is 46.4 Å². The second-order valence-electron chi connectivity index (χ2n) is 6.00. The number of carbonyl (C=O) groups excluding carboxylic acids is 1. The van der Waals surface area contributed by atoms with Crippen LogP contribution in [-0.2, 0) is 9.53 Å². The summed E-state index contributed by atoms with van der Waals surface area (Å²) in [4.78, 5) is 13.5. The van der Waals surface area contributed by atoms with Crippen LogP contribution in [0.15, 0.2) is 40.8 Å². The number of hydrazine groups is 1. The summed E-state index contributed by atoms with van der Waals surface area (Å²) in [5.74, 6) is 0.803. The number of fused-ring (bicyclic) bond motifs is 1. The van der Waals surface area contributed by atoms with Crippen LogP contribution in [0.25, 0.3) is 6.08 Å². The van der Waals surface area contributed by atoms with Gasteiger partial charge in [0, 0.05) is 18.7 Å². The molecule has 0 aromatic heterocycles. The maximum absolute atomic E-state index is 12.8. The van der Waals surface area contributed by atoms with Crippen LogP contribution in [0.3, 0.4) is 0 Å². The fourth-order valence-corrected chi connectivity index (χ4v) is 4.34. The fraction of sp³-hybridized carbons (Fsp3) is 0.333. The zero-order chi connectivity index (χ0) is 17.4. The Hall–Kier alpha value is -1.67. The van der Waals surface area contributed by atoms with Gasteiger partial charge in [0.2, 0.25) is 0 Å². The van der Waals surface area contributed by atoms with Crippen molar-refractivity contribution in [2.45, 2.75) is 13.0 Å². The Bertz CT molecular complexity index is 784. The van der Waals surface area contributed by atoms with E-state index in [1.54, 1.807) is 5.01 Å². The highest BCUT2D eigenvalue weighted by Crippen LogP contribution is 2.36. The predicted molar refractivity (Wildman–Crippen MR) is 102 cm³/mol. The summed E-state index contributed by atoms with van der Waals surface area (Å²) in [5, 5.41) is 3.57. The first-order valence-electron chi connectivity index (χ1n) is 8.21. The first-order chi connectivity index (χ1) is 12.1. The Morgan fingerprint density at radius 3 is 2.84 bits per heavy atom. The third-order valence-corrected chi connectivity index (χ3v) is 5.64. The van der Waals surface area contributed by atoms with Crippen molar-refractivity contribution in [2.24, 2.45) is 0 Å². The molecule has 1 atom stereocenters. The lowest BCUT2D eigenvalue weighted by Crippen LogP contribution is -2.50. The monoisotopic (exact) mass is 374 g/mol. The molecule has 4 rings (SSSR count). The van der Waals surface area contributed by atoms with Crippen molar-refractivity contribution >= 4 is 40.3 Å². The van der Waals surface area contributed by atoms with E-state index in [2.05, 4.69) is 6.08 Å². The fourth-order valence-electron chi connectivity index (χ4n) is 3.03. The Morgan fingerprint density at radius 1 is 1.28 bits per heavy atom. The van der Waals surface area contributed by atoms with Crippen LogP contribution in [0.5, 0.6) is 5.75 Å². The molecule has 25 heavy (non-hydrogen) atoms. The molecule has 1 amide bonds. The van der Waals surface area contributed by atoms with Gasteiger partial charge in [0.1, 0.15) is 11.9 Å². The van der Waals surface area contributed by atoms with Crippen LogP contribution in [0.4, 0.5) is 0 Å². The zero-order valence-corrected chi connectivity index (χ0v) is 15.4. The Balaban J connectivity index is 1.60. The SMILES string of the molecule is C[C@H]1Oc2ccccc2C=C1/C=C1\SC(=S)N(N2CCOCC2)C1=O. The number of hydrogen-bond acceptors (Lipinski definition) is 6. The number of para-hydroxylation sites is 1. The van der Waals surface area contributed by atoms with Gasteiger partial charge in [-0.05, 0) is 30.7 Å². The van der Waals surface area contributed by atoms with E-state index in [0.29, 0.717) is 35.5 Å². The third kappa shape index (κ3) is 3.25. The molecular formula is C18H18N2O3S2. The molecule has 0 radical (unpaired) electrons. The molecule has 0 saturated carbocycles. The van der Waals surface area contributed by atoms with Crippen molar-refractivity contribution in [1.29, 1.82) is 0 Å². The topological polar surface area (TPSA) is 42.0 Å². The molecule has 3 heterocycles. The number of hydrogen-bond donors (Lipinski definition) is 0. The highest BCUT2D eigenvalue weighted by Gasteiger charge is 2.37. The highest BCUT2D eigenvalue weighted by atomic mass is 32.2. The number of nitrogens with zero attached hydrogens (tertiary/aromatic N) is 2. The van der Waals surface area contributed by atoms with Crippen LogP contribution in [0, 0.1) is 0 Å². The van der Waals surface area contributed by atoms with E-state index < -0.39 is 0 Å². The van der Waals surface area contributed by atoms with Gasteiger partial charge in [-0.15, -0.1) is 0 Å². The van der Waals surface area contributed by atoms with Gasteiger partial charge >= 0.3 is 0 Å². The van der Waals surface area contributed by atoms with Gasteiger partial charge in [0.15, 0.2) is 4.32 Å². The number of thioether (sulfide) groups is 1. The summed E-state index contributed by atoms with van der Waals surface area (Å²) in [5.41, 5.74) is 2.00. The van der Waals surface area contributed by atoms with Crippen LogP contribution < -0.4 is 4.74 Å². The summed E-state index contributed by atoms with van der Waals surface area (Å²) >= 11 is 6.77. The molecular weight excluding hydrogens is 356 g/mol. The minimum absolute atomic E-state index is 0.0659. The quantitative estimate of drug-likeness (QED) is 0.586. The van der Waals surface area contributed by atoms with Crippen LogP contribution in [0.2, 0.25) is 0 Å². The van der Waals surface area contributed by atoms with E-state index in [-0.39, 0.29) is 12.0 Å². The summed E-state index contributed by atoms with van der Waals surface area (Å²) in [6, 6.07) is 7.90. The average Bonchev–Trinajstić information content (AvgIpc) is 2.90. The number of amides is 1. The lowest BCUT2D eigenvalue weighted by Gasteiger charge is -2.33.